The van der Waals surface area contributed by atoms with E-state index in [4.69, 9.17) is 9.15 Å². The summed E-state index contributed by atoms with van der Waals surface area (Å²) in [6.45, 7) is 4.84. The normalized spacial score (nSPS) is 14.9. The Morgan fingerprint density at radius 2 is 1.71 bits per heavy atom. The van der Waals surface area contributed by atoms with Gasteiger partial charge in [0.25, 0.3) is 5.91 Å². The van der Waals surface area contributed by atoms with Gasteiger partial charge in [-0.05, 0) is 47.9 Å². The molecule has 0 radical (unpaired) electrons. The zero-order valence-corrected chi connectivity index (χ0v) is 19.0. The highest BCUT2D eigenvalue weighted by molar-refractivity contribution is 5.91. The van der Waals surface area contributed by atoms with Crippen molar-refractivity contribution >= 4 is 5.91 Å². The van der Waals surface area contributed by atoms with Crippen LogP contribution in [0.5, 0.6) is 5.75 Å². The number of aryl methyl sites for hydroxylation is 1. The van der Waals surface area contributed by atoms with Gasteiger partial charge in [-0.3, -0.25) is 9.69 Å². The van der Waals surface area contributed by atoms with Gasteiger partial charge in [0.2, 0.25) is 0 Å². The maximum atomic E-state index is 12.9. The van der Waals surface area contributed by atoms with Crippen molar-refractivity contribution in [1.29, 1.82) is 0 Å². The number of carbonyl (C=O) groups excluding carboxylic acids is 1. The van der Waals surface area contributed by atoms with Crippen molar-refractivity contribution in [1.82, 2.24) is 9.80 Å². The number of benzene rings is 2. The number of rotatable bonds is 7. The number of ether oxygens (including phenoxy) is 1. The van der Waals surface area contributed by atoms with Gasteiger partial charge in [0.15, 0.2) is 5.76 Å². The highest BCUT2D eigenvalue weighted by Gasteiger charge is 2.30. The highest BCUT2D eigenvalue weighted by Crippen LogP contribution is 2.30. The second kappa shape index (κ2) is 10.3. The Balaban J connectivity index is 1.27. The van der Waals surface area contributed by atoms with Crippen LogP contribution in [0.1, 0.15) is 39.9 Å². The van der Waals surface area contributed by atoms with Gasteiger partial charge in [-0.1, -0.05) is 37.3 Å². The van der Waals surface area contributed by atoms with E-state index in [-0.39, 0.29) is 18.3 Å². The molecule has 0 aliphatic carbocycles. The Bertz CT molecular complexity index is 1100. The largest absolute Gasteiger partial charge is 0.486 e. The van der Waals surface area contributed by atoms with Crippen LogP contribution in [-0.2, 0) is 25.7 Å². The molecule has 1 amide bonds. The number of hydrogen-bond acceptors (Lipinski definition) is 4. The Morgan fingerprint density at radius 3 is 2.38 bits per heavy atom. The zero-order chi connectivity index (χ0) is 24.1. The summed E-state index contributed by atoms with van der Waals surface area (Å²) in [7, 11) is 0. The summed E-state index contributed by atoms with van der Waals surface area (Å²) in [6.07, 6.45) is -3.39. The van der Waals surface area contributed by atoms with Crippen LogP contribution in [0.4, 0.5) is 13.2 Å². The molecule has 8 heteroatoms. The minimum Gasteiger partial charge on any atom is -0.486 e. The standard InChI is InChI=1S/C26H27F3N2O3/c1-2-19-6-8-22(9-7-19)33-18-23-10-11-24(34-23)25(32)31-14-12-30(13-15-31)17-20-4-3-5-21(16-20)26(27,28)29/h3-11,16H,2,12-15,17-18H2,1H3. The van der Waals surface area contributed by atoms with Crippen LogP contribution in [0.3, 0.4) is 0 Å². The van der Waals surface area contributed by atoms with Crippen molar-refractivity contribution in [2.75, 3.05) is 26.2 Å². The van der Waals surface area contributed by atoms with Crippen LogP contribution in [0.25, 0.3) is 0 Å². The average Bonchev–Trinajstić information content (AvgIpc) is 3.32. The minimum atomic E-state index is -4.35. The lowest BCUT2D eigenvalue weighted by Crippen LogP contribution is -2.48. The molecule has 0 N–H and O–H groups in total. The quantitative estimate of drug-likeness (QED) is 0.462. The Kier molecular flexibility index (Phi) is 7.26. The van der Waals surface area contributed by atoms with Crippen molar-refractivity contribution in [3.05, 3.63) is 88.9 Å². The molecule has 0 saturated carbocycles. The van der Waals surface area contributed by atoms with E-state index < -0.39 is 11.7 Å². The molecule has 4 rings (SSSR count). The SMILES string of the molecule is CCc1ccc(OCc2ccc(C(=O)N3CCN(Cc4cccc(C(F)(F)F)c4)CC3)o2)cc1. The fraction of sp³-hybridized carbons (Fsp3) is 0.346. The molecular weight excluding hydrogens is 445 g/mol. The smallest absolute Gasteiger partial charge is 0.416 e. The van der Waals surface area contributed by atoms with Crippen LogP contribution in [-0.4, -0.2) is 41.9 Å². The molecule has 1 saturated heterocycles. The second-order valence-corrected chi connectivity index (χ2v) is 8.32. The molecule has 5 nitrogen and oxygen atoms in total. The molecule has 0 atom stereocenters. The van der Waals surface area contributed by atoms with E-state index in [1.807, 2.05) is 29.2 Å². The maximum Gasteiger partial charge on any atom is 0.416 e. The molecule has 2 heterocycles. The lowest BCUT2D eigenvalue weighted by Gasteiger charge is -2.34. The van der Waals surface area contributed by atoms with Gasteiger partial charge < -0.3 is 14.1 Å². The summed E-state index contributed by atoms with van der Waals surface area (Å²) < 4.78 is 50.2. The minimum absolute atomic E-state index is 0.197. The van der Waals surface area contributed by atoms with Gasteiger partial charge >= 0.3 is 6.18 Å². The number of halogens is 3. The van der Waals surface area contributed by atoms with Gasteiger partial charge in [-0.25, -0.2) is 0 Å². The number of hydrogen-bond donors (Lipinski definition) is 0. The van der Waals surface area contributed by atoms with E-state index in [0.29, 0.717) is 44.0 Å². The summed E-state index contributed by atoms with van der Waals surface area (Å²) in [5.41, 5.74) is 1.19. The second-order valence-electron chi connectivity index (χ2n) is 8.32. The number of amides is 1. The molecule has 34 heavy (non-hydrogen) atoms. The predicted octanol–water partition coefficient (Wildman–Crippen LogP) is 5.40. The number of alkyl halides is 3. The lowest BCUT2D eigenvalue weighted by molar-refractivity contribution is -0.137. The first-order chi connectivity index (χ1) is 16.3. The van der Waals surface area contributed by atoms with Crippen LogP contribution >= 0.6 is 0 Å². The molecule has 0 spiro atoms. The monoisotopic (exact) mass is 472 g/mol. The van der Waals surface area contributed by atoms with Gasteiger partial charge in [-0.2, -0.15) is 13.2 Å². The predicted molar refractivity (Wildman–Crippen MR) is 121 cm³/mol. The van der Waals surface area contributed by atoms with Crippen LogP contribution in [0, 0.1) is 0 Å². The molecule has 1 fully saturated rings. The summed E-state index contributed by atoms with van der Waals surface area (Å²) >= 11 is 0. The van der Waals surface area contributed by atoms with E-state index in [9.17, 15) is 18.0 Å². The summed E-state index contributed by atoms with van der Waals surface area (Å²) in [5, 5.41) is 0. The summed E-state index contributed by atoms with van der Waals surface area (Å²) in [4.78, 5) is 16.6. The number of nitrogens with zero attached hydrogens (tertiary/aromatic N) is 2. The lowest BCUT2D eigenvalue weighted by atomic mass is 10.1. The summed E-state index contributed by atoms with van der Waals surface area (Å²) in [6, 6.07) is 16.6. The van der Waals surface area contributed by atoms with E-state index >= 15 is 0 Å². The molecule has 0 unspecified atom stereocenters. The number of piperazine rings is 1. The average molecular weight is 473 g/mol. The van der Waals surface area contributed by atoms with Crippen LogP contribution in [0.2, 0.25) is 0 Å². The molecule has 2 aromatic carbocycles. The molecule has 3 aromatic rings. The van der Waals surface area contributed by atoms with Crippen molar-refractivity contribution in [3.8, 4) is 5.75 Å². The van der Waals surface area contributed by atoms with Crippen LogP contribution in [0.15, 0.2) is 65.1 Å². The molecule has 0 bridgehead atoms. The fourth-order valence-corrected chi connectivity index (χ4v) is 3.92. The van der Waals surface area contributed by atoms with Crippen molar-refractivity contribution in [2.24, 2.45) is 0 Å². The zero-order valence-electron chi connectivity index (χ0n) is 19.0. The van der Waals surface area contributed by atoms with Gasteiger partial charge in [0, 0.05) is 32.7 Å². The van der Waals surface area contributed by atoms with Gasteiger partial charge in [-0.15, -0.1) is 0 Å². The number of furan rings is 1. The topological polar surface area (TPSA) is 45.9 Å². The van der Waals surface area contributed by atoms with Crippen molar-refractivity contribution in [2.45, 2.75) is 32.7 Å². The first-order valence-corrected chi connectivity index (χ1v) is 11.3. The Labute approximate surface area is 196 Å². The number of carbonyl (C=O) groups is 1. The van der Waals surface area contributed by atoms with Crippen molar-refractivity contribution in [3.63, 3.8) is 0 Å². The Morgan fingerprint density at radius 1 is 0.971 bits per heavy atom. The molecule has 1 aliphatic heterocycles. The van der Waals surface area contributed by atoms with E-state index in [1.165, 1.54) is 17.7 Å². The Hall–Kier alpha value is -3.26. The van der Waals surface area contributed by atoms with Crippen LogP contribution < -0.4 is 4.74 Å². The third-order valence-corrected chi connectivity index (χ3v) is 5.91. The highest BCUT2D eigenvalue weighted by atomic mass is 19.4. The fourth-order valence-electron chi connectivity index (χ4n) is 3.92. The molecular formula is C26H27F3N2O3. The first-order valence-electron chi connectivity index (χ1n) is 11.3. The maximum absolute atomic E-state index is 12.9. The van der Waals surface area contributed by atoms with E-state index in [2.05, 4.69) is 6.92 Å². The first kappa shape index (κ1) is 23.9. The van der Waals surface area contributed by atoms with Gasteiger partial charge in [0.05, 0.1) is 5.56 Å². The molecule has 1 aromatic heterocycles. The molecule has 1 aliphatic rings. The molecule has 180 valence electrons. The van der Waals surface area contributed by atoms with Gasteiger partial charge in [0.1, 0.15) is 18.1 Å². The third-order valence-electron chi connectivity index (χ3n) is 5.91. The van der Waals surface area contributed by atoms with Crippen molar-refractivity contribution < 1.29 is 27.1 Å². The third kappa shape index (κ3) is 5.99. The summed E-state index contributed by atoms with van der Waals surface area (Å²) in [5.74, 6) is 1.35. The van der Waals surface area contributed by atoms with E-state index in [0.717, 1.165) is 18.2 Å². The van der Waals surface area contributed by atoms with E-state index in [1.54, 1.807) is 23.1 Å².